The molecule has 6 nitrogen and oxygen atoms in total. The smallest absolute Gasteiger partial charge is 0.254 e. The van der Waals surface area contributed by atoms with Gasteiger partial charge in [0.25, 0.3) is 5.91 Å². The molecule has 0 radical (unpaired) electrons. The summed E-state index contributed by atoms with van der Waals surface area (Å²) in [6, 6.07) is 11.0. The molecule has 1 aliphatic rings. The van der Waals surface area contributed by atoms with Crippen LogP contribution in [0.5, 0.6) is 0 Å². The minimum Gasteiger partial charge on any atom is -0.361 e. The van der Waals surface area contributed by atoms with Crippen molar-refractivity contribution in [3.05, 3.63) is 47.0 Å². The van der Waals surface area contributed by atoms with Gasteiger partial charge < -0.3 is 14.7 Å². The van der Waals surface area contributed by atoms with Gasteiger partial charge in [-0.2, -0.15) is 0 Å². The summed E-state index contributed by atoms with van der Waals surface area (Å²) in [4.78, 5) is 18.4. The van der Waals surface area contributed by atoms with Crippen LogP contribution in [-0.4, -0.2) is 61.3 Å². The molecule has 0 bridgehead atoms. The van der Waals surface area contributed by atoms with Crippen LogP contribution in [0.4, 0.5) is 11.6 Å². The first kappa shape index (κ1) is 16.5. The molecule has 0 aliphatic carbocycles. The number of nitrogens with zero attached hydrogens (tertiary/aromatic N) is 5. The fourth-order valence-electron chi connectivity index (χ4n) is 2.67. The largest absolute Gasteiger partial charge is 0.361 e. The molecule has 7 heteroatoms. The summed E-state index contributed by atoms with van der Waals surface area (Å²) in [7, 11) is 3.87. The highest BCUT2D eigenvalue weighted by molar-refractivity contribution is 6.30. The van der Waals surface area contributed by atoms with E-state index in [1.165, 1.54) is 0 Å². The predicted octanol–water partition coefficient (Wildman–Crippen LogP) is 2.16. The summed E-state index contributed by atoms with van der Waals surface area (Å²) in [6.45, 7) is 2.79. The lowest BCUT2D eigenvalue weighted by Crippen LogP contribution is -2.49. The molecule has 1 saturated heterocycles. The van der Waals surface area contributed by atoms with Gasteiger partial charge in [0, 0.05) is 50.9 Å². The molecule has 2 heterocycles. The van der Waals surface area contributed by atoms with Crippen LogP contribution in [-0.2, 0) is 0 Å². The van der Waals surface area contributed by atoms with Crippen molar-refractivity contribution < 1.29 is 4.79 Å². The Morgan fingerprint density at radius 3 is 2.42 bits per heavy atom. The van der Waals surface area contributed by atoms with Gasteiger partial charge in [0.05, 0.1) is 0 Å². The molecule has 126 valence electrons. The number of hydrogen-bond acceptors (Lipinski definition) is 5. The number of hydrogen-bond donors (Lipinski definition) is 0. The van der Waals surface area contributed by atoms with E-state index >= 15 is 0 Å². The van der Waals surface area contributed by atoms with E-state index in [1.54, 1.807) is 24.3 Å². The Bertz CT molecular complexity index is 711. The third kappa shape index (κ3) is 3.59. The highest BCUT2D eigenvalue weighted by Gasteiger charge is 2.23. The summed E-state index contributed by atoms with van der Waals surface area (Å²) in [6.07, 6.45) is 0. The third-order valence-corrected chi connectivity index (χ3v) is 4.29. The number of halogens is 1. The second-order valence-electron chi connectivity index (χ2n) is 5.93. The number of carbonyl (C=O) groups excluding carboxylic acids is 1. The number of carbonyl (C=O) groups is 1. The van der Waals surface area contributed by atoms with Crippen LogP contribution in [0.3, 0.4) is 0 Å². The molecule has 0 saturated carbocycles. The van der Waals surface area contributed by atoms with Crippen LogP contribution in [0.25, 0.3) is 0 Å². The summed E-state index contributed by atoms with van der Waals surface area (Å²) in [5.41, 5.74) is 0.631. The maximum atomic E-state index is 12.5. The van der Waals surface area contributed by atoms with Crippen molar-refractivity contribution in [3.63, 3.8) is 0 Å². The first-order chi connectivity index (χ1) is 11.5. The van der Waals surface area contributed by atoms with Crippen molar-refractivity contribution in [2.75, 3.05) is 50.1 Å². The molecule has 3 rings (SSSR count). The van der Waals surface area contributed by atoms with E-state index in [0.29, 0.717) is 23.7 Å². The molecule has 1 aromatic carbocycles. The van der Waals surface area contributed by atoms with Crippen molar-refractivity contribution in [2.24, 2.45) is 0 Å². The van der Waals surface area contributed by atoms with Gasteiger partial charge in [-0.3, -0.25) is 4.79 Å². The zero-order valence-electron chi connectivity index (χ0n) is 13.8. The van der Waals surface area contributed by atoms with Crippen molar-refractivity contribution in [2.45, 2.75) is 0 Å². The third-order valence-electron chi connectivity index (χ3n) is 4.06. The zero-order valence-corrected chi connectivity index (χ0v) is 14.6. The monoisotopic (exact) mass is 345 g/mol. The van der Waals surface area contributed by atoms with Gasteiger partial charge in [0.15, 0.2) is 11.6 Å². The van der Waals surface area contributed by atoms with Crippen molar-refractivity contribution in [1.82, 2.24) is 15.1 Å². The lowest BCUT2D eigenvalue weighted by Gasteiger charge is -2.35. The Labute approximate surface area is 146 Å². The first-order valence-corrected chi connectivity index (χ1v) is 8.23. The zero-order chi connectivity index (χ0) is 17.1. The van der Waals surface area contributed by atoms with Crippen LogP contribution in [0, 0.1) is 0 Å². The minimum absolute atomic E-state index is 0.0196. The molecular formula is C17H20ClN5O. The van der Waals surface area contributed by atoms with Gasteiger partial charge in [0.1, 0.15) is 0 Å². The second-order valence-corrected chi connectivity index (χ2v) is 6.37. The quantitative estimate of drug-likeness (QED) is 0.853. The number of piperazine rings is 1. The van der Waals surface area contributed by atoms with E-state index in [-0.39, 0.29) is 5.91 Å². The Balaban J connectivity index is 1.62. The lowest BCUT2D eigenvalue weighted by molar-refractivity contribution is 0.0746. The molecule has 0 unspecified atom stereocenters. The van der Waals surface area contributed by atoms with Gasteiger partial charge in [-0.25, -0.2) is 0 Å². The van der Waals surface area contributed by atoms with Gasteiger partial charge >= 0.3 is 0 Å². The van der Waals surface area contributed by atoms with E-state index in [4.69, 9.17) is 11.6 Å². The molecule has 1 aromatic heterocycles. The van der Waals surface area contributed by atoms with E-state index in [1.807, 2.05) is 36.0 Å². The Kier molecular flexibility index (Phi) is 4.85. The van der Waals surface area contributed by atoms with Gasteiger partial charge in [-0.05, 0) is 30.3 Å². The van der Waals surface area contributed by atoms with Gasteiger partial charge in [-0.15, -0.1) is 10.2 Å². The molecule has 1 aliphatic heterocycles. The number of benzene rings is 1. The number of rotatable bonds is 3. The van der Waals surface area contributed by atoms with Crippen LogP contribution < -0.4 is 9.80 Å². The van der Waals surface area contributed by atoms with Gasteiger partial charge in [0.2, 0.25) is 0 Å². The second kappa shape index (κ2) is 7.05. The normalized spacial score (nSPS) is 14.6. The molecule has 0 spiro atoms. The fraction of sp³-hybridized carbons (Fsp3) is 0.353. The molecule has 0 N–H and O–H groups in total. The number of aromatic nitrogens is 2. The maximum Gasteiger partial charge on any atom is 0.254 e. The summed E-state index contributed by atoms with van der Waals surface area (Å²) >= 11 is 5.97. The van der Waals surface area contributed by atoms with Gasteiger partial charge in [-0.1, -0.05) is 17.7 Å². The topological polar surface area (TPSA) is 52.6 Å². The van der Waals surface area contributed by atoms with Crippen LogP contribution in [0.1, 0.15) is 10.4 Å². The van der Waals surface area contributed by atoms with E-state index in [2.05, 4.69) is 15.1 Å². The first-order valence-electron chi connectivity index (χ1n) is 7.85. The highest BCUT2D eigenvalue weighted by Crippen LogP contribution is 2.17. The summed E-state index contributed by atoms with van der Waals surface area (Å²) in [5, 5.41) is 9.06. The van der Waals surface area contributed by atoms with Crippen LogP contribution in [0.15, 0.2) is 36.4 Å². The molecule has 24 heavy (non-hydrogen) atoms. The minimum atomic E-state index is 0.0196. The van der Waals surface area contributed by atoms with Crippen LogP contribution in [0.2, 0.25) is 5.02 Å². The average Bonchev–Trinajstić information content (AvgIpc) is 2.61. The standard InChI is InChI=1S/C17H20ClN5O/c1-21(2)15-6-7-16(20-19-15)22-8-10-23(11-9-22)17(24)13-4-3-5-14(18)12-13/h3-7,12H,8-11H2,1-2H3. The van der Waals surface area contributed by atoms with E-state index < -0.39 is 0 Å². The van der Waals surface area contributed by atoms with Crippen molar-refractivity contribution in [3.8, 4) is 0 Å². The Morgan fingerprint density at radius 1 is 1.08 bits per heavy atom. The molecule has 0 atom stereocenters. The fourth-order valence-corrected chi connectivity index (χ4v) is 2.86. The number of amides is 1. The van der Waals surface area contributed by atoms with Crippen molar-refractivity contribution in [1.29, 1.82) is 0 Å². The average molecular weight is 346 g/mol. The Morgan fingerprint density at radius 2 is 1.83 bits per heavy atom. The highest BCUT2D eigenvalue weighted by atomic mass is 35.5. The SMILES string of the molecule is CN(C)c1ccc(N2CCN(C(=O)c3cccc(Cl)c3)CC2)nn1. The van der Waals surface area contributed by atoms with E-state index in [0.717, 1.165) is 24.7 Å². The Hall–Kier alpha value is -2.34. The molecule has 1 amide bonds. The van der Waals surface area contributed by atoms with Crippen molar-refractivity contribution >= 4 is 29.1 Å². The summed E-state index contributed by atoms with van der Waals surface area (Å²) < 4.78 is 0. The molecule has 1 fully saturated rings. The lowest BCUT2D eigenvalue weighted by atomic mass is 10.2. The number of anilines is 2. The summed E-state index contributed by atoms with van der Waals surface area (Å²) in [5.74, 6) is 1.69. The van der Waals surface area contributed by atoms with E-state index in [9.17, 15) is 4.79 Å². The van der Waals surface area contributed by atoms with Crippen LogP contribution >= 0.6 is 11.6 Å². The maximum absolute atomic E-state index is 12.5. The molecular weight excluding hydrogens is 326 g/mol. The predicted molar refractivity (Wildman–Crippen MR) is 95.9 cm³/mol. The molecule has 2 aromatic rings.